The third-order valence-electron chi connectivity index (χ3n) is 6.19. The van der Waals surface area contributed by atoms with Gasteiger partial charge in [-0.3, -0.25) is 0 Å². The van der Waals surface area contributed by atoms with E-state index in [1.165, 1.54) is 22.3 Å². The summed E-state index contributed by atoms with van der Waals surface area (Å²) in [7, 11) is 1.96. The van der Waals surface area contributed by atoms with Crippen LogP contribution in [0.25, 0.3) is 39.2 Å². The number of pyridine rings is 1. The summed E-state index contributed by atoms with van der Waals surface area (Å²) in [6.07, 6.45) is 2.07. The van der Waals surface area contributed by atoms with E-state index >= 15 is 0 Å². The van der Waals surface area contributed by atoms with Crippen LogP contribution < -0.4 is 14.6 Å². The number of allylic oxidation sites excluding steroid dienone is 1. The highest BCUT2D eigenvalue weighted by atomic mass is 16.5. The van der Waals surface area contributed by atoms with Gasteiger partial charge in [0, 0.05) is 42.8 Å². The molecule has 0 radical (unpaired) electrons. The number of ether oxygens (including phenoxy) is 1. The number of benzene rings is 3. The van der Waals surface area contributed by atoms with Crippen LogP contribution in [-0.4, -0.2) is 7.05 Å². The number of anilines is 1. The van der Waals surface area contributed by atoms with Crippen LogP contribution in [0.15, 0.2) is 79.5 Å². The van der Waals surface area contributed by atoms with Crippen molar-refractivity contribution in [1.29, 1.82) is 0 Å². The first-order valence-corrected chi connectivity index (χ1v) is 10.9. The molecule has 0 amide bonds. The topological polar surface area (TPSA) is 25.1 Å². The van der Waals surface area contributed by atoms with Crippen molar-refractivity contribution in [2.75, 3.05) is 12.4 Å². The molecule has 0 spiro atoms. The van der Waals surface area contributed by atoms with E-state index in [-0.39, 0.29) is 0 Å². The Morgan fingerprint density at radius 2 is 1.56 bits per heavy atom. The number of rotatable bonds is 3. The van der Waals surface area contributed by atoms with Gasteiger partial charge in [0.05, 0.1) is 11.3 Å². The lowest BCUT2D eigenvalue weighted by Gasteiger charge is -2.16. The highest BCUT2D eigenvalue weighted by Gasteiger charge is 2.27. The van der Waals surface area contributed by atoms with Crippen LogP contribution >= 0.6 is 0 Å². The maximum absolute atomic E-state index is 6.52. The minimum absolute atomic E-state index is 0.852. The molecule has 158 valence electrons. The quantitative estimate of drug-likeness (QED) is 0.312. The number of aryl methyl sites for hydroxylation is 2. The molecule has 3 nitrogen and oxygen atoms in total. The van der Waals surface area contributed by atoms with Gasteiger partial charge in [-0.1, -0.05) is 36.4 Å². The zero-order chi connectivity index (χ0) is 22.4. The number of para-hydroxylation sites is 1. The number of hydrogen-bond donors (Lipinski definition) is 1. The van der Waals surface area contributed by atoms with E-state index in [0.29, 0.717) is 0 Å². The lowest BCUT2D eigenvalue weighted by molar-refractivity contribution is -0.569. The Bertz CT molecular complexity index is 1380. The van der Waals surface area contributed by atoms with Gasteiger partial charge in [0.25, 0.3) is 0 Å². The molecule has 1 aromatic heterocycles. The average molecular weight is 420 g/mol. The molecular formula is C29H27N2O+. The van der Waals surface area contributed by atoms with Gasteiger partial charge < -0.3 is 10.1 Å². The van der Waals surface area contributed by atoms with Crippen LogP contribution in [0.1, 0.15) is 18.1 Å². The number of hydrogen-bond acceptors (Lipinski definition) is 2. The Morgan fingerprint density at radius 1 is 0.812 bits per heavy atom. The van der Waals surface area contributed by atoms with Crippen molar-refractivity contribution >= 4 is 11.4 Å². The Morgan fingerprint density at radius 3 is 2.34 bits per heavy atom. The van der Waals surface area contributed by atoms with Crippen LogP contribution in [0, 0.1) is 13.8 Å². The molecular weight excluding hydrogens is 392 g/mol. The second-order valence-electron chi connectivity index (χ2n) is 8.38. The van der Waals surface area contributed by atoms with Crippen LogP contribution in [0.3, 0.4) is 0 Å². The summed E-state index contributed by atoms with van der Waals surface area (Å²) in [6.45, 7) is 10.5. The van der Waals surface area contributed by atoms with Crippen LogP contribution in [0.2, 0.25) is 0 Å². The second-order valence-corrected chi connectivity index (χ2v) is 8.38. The summed E-state index contributed by atoms with van der Waals surface area (Å²) in [6, 6.07) is 23.4. The van der Waals surface area contributed by atoms with Crippen LogP contribution in [0.4, 0.5) is 5.69 Å². The van der Waals surface area contributed by atoms with Crippen molar-refractivity contribution < 1.29 is 9.30 Å². The zero-order valence-electron chi connectivity index (χ0n) is 19.0. The molecule has 0 unspecified atom stereocenters. The molecule has 2 heterocycles. The summed E-state index contributed by atoms with van der Waals surface area (Å²) >= 11 is 0. The molecule has 32 heavy (non-hydrogen) atoms. The molecule has 0 saturated heterocycles. The van der Waals surface area contributed by atoms with Gasteiger partial charge in [0.15, 0.2) is 11.9 Å². The number of nitrogens with zero attached hydrogens (tertiary/aromatic N) is 1. The van der Waals surface area contributed by atoms with Crippen molar-refractivity contribution in [3.05, 3.63) is 90.6 Å². The van der Waals surface area contributed by atoms with Crippen molar-refractivity contribution in [2.45, 2.75) is 20.8 Å². The molecule has 5 rings (SSSR count). The summed E-state index contributed by atoms with van der Waals surface area (Å²) in [4.78, 5) is 0. The summed E-state index contributed by atoms with van der Waals surface area (Å²) < 4.78 is 8.67. The highest BCUT2D eigenvalue weighted by molar-refractivity contribution is 5.95. The molecule has 0 atom stereocenters. The Hall–Kier alpha value is -3.85. The standard InChI is InChI=1S/C29H26N2O/c1-18(2)31-15-9-11-20(4)29(31)24-16-23-21-13-8-10-19(3)28(21)22-12-6-7-14-26(22)32-27(23)17-25(24)30-5/h6-17H,1H2,2-5H3/p+1. The van der Waals surface area contributed by atoms with Gasteiger partial charge in [0.1, 0.15) is 11.5 Å². The molecule has 3 aromatic carbocycles. The maximum atomic E-state index is 6.52. The van der Waals surface area contributed by atoms with Gasteiger partial charge in [-0.05, 0) is 55.3 Å². The molecule has 3 heteroatoms. The van der Waals surface area contributed by atoms with Crippen molar-refractivity contribution in [1.82, 2.24) is 0 Å². The highest BCUT2D eigenvalue weighted by Crippen LogP contribution is 2.50. The summed E-state index contributed by atoms with van der Waals surface area (Å²) in [5.41, 5.74) is 11.3. The lowest BCUT2D eigenvalue weighted by atomic mass is 9.89. The van der Waals surface area contributed by atoms with E-state index in [9.17, 15) is 0 Å². The van der Waals surface area contributed by atoms with Gasteiger partial charge in [-0.15, -0.1) is 0 Å². The van der Waals surface area contributed by atoms with E-state index < -0.39 is 0 Å². The minimum atomic E-state index is 0.852. The SMILES string of the molecule is C=C(C)[n+]1cccc(C)c1-c1cc2c(cc1NC)Oc1ccccc1-c1c(C)cccc1-2. The molecule has 4 aromatic rings. The van der Waals surface area contributed by atoms with Gasteiger partial charge in [-0.25, -0.2) is 0 Å². The summed E-state index contributed by atoms with van der Waals surface area (Å²) in [5.74, 6) is 1.73. The van der Waals surface area contributed by atoms with E-state index in [1.54, 1.807) is 0 Å². The van der Waals surface area contributed by atoms with Crippen LogP contribution in [-0.2, 0) is 0 Å². The Balaban J connectivity index is 1.87. The first kappa shape index (κ1) is 20.1. The normalized spacial score (nSPS) is 11.5. The van der Waals surface area contributed by atoms with Crippen molar-refractivity contribution in [3.63, 3.8) is 0 Å². The monoisotopic (exact) mass is 419 g/mol. The Kier molecular flexibility index (Phi) is 4.82. The second kappa shape index (κ2) is 7.69. The number of fused-ring (bicyclic) bond motifs is 5. The third kappa shape index (κ3) is 3.09. The van der Waals surface area contributed by atoms with E-state index in [1.807, 2.05) is 26.1 Å². The van der Waals surface area contributed by atoms with Crippen LogP contribution in [0.5, 0.6) is 11.5 Å². The molecule has 0 bridgehead atoms. The predicted molar refractivity (Wildman–Crippen MR) is 133 cm³/mol. The zero-order valence-corrected chi connectivity index (χ0v) is 19.0. The molecule has 1 aliphatic rings. The lowest BCUT2D eigenvalue weighted by Crippen LogP contribution is -2.33. The fourth-order valence-electron chi connectivity index (χ4n) is 4.69. The molecule has 1 N–H and O–H groups in total. The number of aromatic nitrogens is 1. The minimum Gasteiger partial charge on any atom is -0.456 e. The average Bonchev–Trinajstić information content (AvgIpc) is 2.93. The molecule has 0 saturated carbocycles. The fraction of sp³-hybridized carbons (Fsp3) is 0.138. The smallest absolute Gasteiger partial charge is 0.223 e. The van der Waals surface area contributed by atoms with E-state index in [2.05, 4.69) is 91.1 Å². The van der Waals surface area contributed by atoms with Crippen molar-refractivity contribution in [3.8, 4) is 45.0 Å². The molecule has 1 aliphatic heterocycles. The third-order valence-corrected chi connectivity index (χ3v) is 6.19. The van der Waals surface area contributed by atoms with Gasteiger partial charge in [-0.2, -0.15) is 4.57 Å². The molecule has 0 fully saturated rings. The first-order chi connectivity index (χ1) is 15.5. The first-order valence-electron chi connectivity index (χ1n) is 10.9. The maximum Gasteiger partial charge on any atom is 0.223 e. The van der Waals surface area contributed by atoms with Gasteiger partial charge >= 0.3 is 0 Å². The summed E-state index contributed by atoms with van der Waals surface area (Å²) in [5, 5.41) is 3.39. The fourth-order valence-corrected chi connectivity index (χ4v) is 4.69. The predicted octanol–water partition coefficient (Wildman–Crippen LogP) is 7.23. The van der Waals surface area contributed by atoms with E-state index in [0.717, 1.165) is 45.3 Å². The van der Waals surface area contributed by atoms with Gasteiger partial charge in [0.2, 0.25) is 5.69 Å². The Labute approximate surface area is 189 Å². The molecule has 0 aliphatic carbocycles. The van der Waals surface area contributed by atoms with E-state index in [4.69, 9.17) is 4.74 Å². The number of nitrogens with one attached hydrogen (secondary N) is 1. The largest absolute Gasteiger partial charge is 0.456 e. The van der Waals surface area contributed by atoms with Crippen molar-refractivity contribution in [2.24, 2.45) is 0 Å².